The average Bonchev–Trinajstić information content (AvgIpc) is 3.01. The normalized spacial score (nSPS) is 16.5. The number of benzene rings is 2. The summed E-state index contributed by atoms with van der Waals surface area (Å²) in [6.07, 6.45) is 0.227. The Morgan fingerprint density at radius 2 is 1.88 bits per heavy atom. The van der Waals surface area contributed by atoms with Crippen LogP contribution in [0.1, 0.15) is 16.8 Å². The van der Waals surface area contributed by atoms with Gasteiger partial charge in [0.25, 0.3) is 5.91 Å². The summed E-state index contributed by atoms with van der Waals surface area (Å²) >= 11 is 6.06. The van der Waals surface area contributed by atoms with E-state index in [4.69, 9.17) is 21.1 Å². The van der Waals surface area contributed by atoms with Crippen LogP contribution in [0.5, 0.6) is 11.5 Å². The minimum Gasteiger partial charge on any atom is -0.493 e. The maximum Gasteiger partial charge on any atom is 0.253 e. The van der Waals surface area contributed by atoms with Crippen LogP contribution >= 0.6 is 11.6 Å². The fourth-order valence-electron chi connectivity index (χ4n) is 2.96. The monoisotopic (exact) mass is 374 g/mol. The molecule has 0 bridgehead atoms. The van der Waals surface area contributed by atoms with Crippen molar-refractivity contribution in [3.05, 3.63) is 53.1 Å². The lowest BCUT2D eigenvalue weighted by Gasteiger charge is -2.19. The zero-order chi connectivity index (χ0) is 18.7. The number of carbonyl (C=O) groups excluding carboxylic acids is 2. The van der Waals surface area contributed by atoms with Crippen molar-refractivity contribution in [2.24, 2.45) is 0 Å². The smallest absolute Gasteiger partial charge is 0.253 e. The number of carbonyl (C=O) groups is 2. The van der Waals surface area contributed by atoms with Gasteiger partial charge < -0.3 is 19.7 Å². The van der Waals surface area contributed by atoms with Crippen LogP contribution in [0.4, 0.5) is 5.69 Å². The SMILES string of the molecule is COc1ccc(N2CC(NC(=O)c3ccccc3Cl)CC2=O)cc1OC. The fourth-order valence-corrected chi connectivity index (χ4v) is 3.18. The first-order valence-electron chi connectivity index (χ1n) is 8.11. The number of ether oxygens (including phenoxy) is 2. The van der Waals surface area contributed by atoms with Gasteiger partial charge in [-0.2, -0.15) is 0 Å². The summed E-state index contributed by atoms with van der Waals surface area (Å²) in [6.45, 7) is 0.379. The predicted octanol–water partition coefficient (Wildman–Crippen LogP) is 2.89. The van der Waals surface area contributed by atoms with Crippen LogP contribution < -0.4 is 19.7 Å². The second-order valence-electron chi connectivity index (χ2n) is 5.90. The number of rotatable bonds is 5. The van der Waals surface area contributed by atoms with E-state index in [-0.39, 0.29) is 24.3 Å². The van der Waals surface area contributed by atoms with Crippen LogP contribution in [0.15, 0.2) is 42.5 Å². The van der Waals surface area contributed by atoms with E-state index < -0.39 is 0 Å². The maximum atomic E-state index is 12.4. The van der Waals surface area contributed by atoms with Gasteiger partial charge >= 0.3 is 0 Å². The molecule has 1 fully saturated rings. The summed E-state index contributed by atoms with van der Waals surface area (Å²) in [4.78, 5) is 26.4. The molecule has 1 aliphatic rings. The van der Waals surface area contributed by atoms with Crippen molar-refractivity contribution in [3.8, 4) is 11.5 Å². The summed E-state index contributed by atoms with van der Waals surface area (Å²) in [5, 5.41) is 3.26. The van der Waals surface area contributed by atoms with E-state index in [1.54, 1.807) is 61.6 Å². The number of methoxy groups -OCH3 is 2. The van der Waals surface area contributed by atoms with Crippen molar-refractivity contribution in [1.29, 1.82) is 0 Å². The highest BCUT2D eigenvalue weighted by atomic mass is 35.5. The molecule has 0 radical (unpaired) electrons. The Morgan fingerprint density at radius 1 is 1.15 bits per heavy atom. The third kappa shape index (κ3) is 3.60. The second kappa shape index (κ2) is 7.66. The lowest BCUT2D eigenvalue weighted by molar-refractivity contribution is -0.117. The first kappa shape index (κ1) is 18.1. The van der Waals surface area contributed by atoms with Gasteiger partial charge in [0.05, 0.1) is 30.8 Å². The largest absolute Gasteiger partial charge is 0.493 e. The average molecular weight is 375 g/mol. The second-order valence-corrected chi connectivity index (χ2v) is 6.31. The molecule has 0 aliphatic carbocycles. The molecule has 0 aromatic heterocycles. The Labute approximate surface area is 156 Å². The molecule has 7 heteroatoms. The van der Waals surface area contributed by atoms with E-state index >= 15 is 0 Å². The van der Waals surface area contributed by atoms with Gasteiger partial charge in [0.1, 0.15) is 0 Å². The van der Waals surface area contributed by atoms with Gasteiger partial charge in [0, 0.05) is 24.7 Å². The van der Waals surface area contributed by atoms with Gasteiger partial charge in [-0.15, -0.1) is 0 Å². The number of anilines is 1. The fraction of sp³-hybridized carbons (Fsp3) is 0.263. The van der Waals surface area contributed by atoms with Gasteiger partial charge in [-0.25, -0.2) is 0 Å². The van der Waals surface area contributed by atoms with Gasteiger partial charge in [-0.05, 0) is 24.3 Å². The number of nitrogens with one attached hydrogen (secondary N) is 1. The Bertz CT molecular complexity index is 840. The minimum atomic E-state index is -0.292. The third-order valence-electron chi connectivity index (χ3n) is 4.26. The number of amides is 2. The van der Waals surface area contributed by atoms with E-state index in [0.717, 1.165) is 0 Å². The summed E-state index contributed by atoms with van der Waals surface area (Å²) < 4.78 is 10.5. The van der Waals surface area contributed by atoms with Crippen molar-refractivity contribution >= 4 is 29.1 Å². The summed E-state index contributed by atoms with van der Waals surface area (Å²) in [5.74, 6) is 0.775. The highest BCUT2D eigenvalue weighted by Gasteiger charge is 2.32. The summed E-state index contributed by atoms with van der Waals surface area (Å²) in [5.41, 5.74) is 1.09. The van der Waals surface area contributed by atoms with Gasteiger partial charge in [-0.1, -0.05) is 23.7 Å². The molecule has 1 atom stereocenters. The van der Waals surface area contributed by atoms with Crippen LogP contribution in [0.3, 0.4) is 0 Å². The highest BCUT2D eigenvalue weighted by Crippen LogP contribution is 2.33. The zero-order valence-corrected chi connectivity index (χ0v) is 15.2. The van der Waals surface area contributed by atoms with Crippen LogP contribution in [-0.2, 0) is 4.79 Å². The molecule has 26 heavy (non-hydrogen) atoms. The molecule has 136 valence electrons. The van der Waals surface area contributed by atoms with E-state index in [0.29, 0.717) is 34.3 Å². The number of hydrogen-bond donors (Lipinski definition) is 1. The quantitative estimate of drug-likeness (QED) is 0.873. The third-order valence-corrected chi connectivity index (χ3v) is 4.59. The Kier molecular flexibility index (Phi) is 5.32. The number of halogens is 1. The minimum absolute atomic E-state index is 0.0679. The summed E-state index contributed by atoms with van der Waals surface area (Å²) in [6, 6.07) is 11.8. The van der Waals surface area contributed by atoms with Crippen molar-refractivity contribution in [1.82, 2.24) is 5.32 Å². The molecule has 2 amide bonds. The Balaban J connectivity index is 1.73. The van der Waals surface area contributed by atoms with Crippen LogP contribution in [0.2, 0.25) is 5.02 Å². The Morgan fingerprint density at radius 3 is 2.58 bits per heavy atom. The number of hydrogen-bond acceptors (Lipinski definition) is 4. The molecule has 6 nitrogen and oxygen atoms in total. The van der Waals surface area contributed by atoms with Gasteiger partial charge in [-0.3, -0.25) is 9.59 Å². The van der Waals surface area contributed by atoms with Crippen LogP contribution in [0.25, 0.3) is 0 Å². The van der Waals surface area contributed by atoms with Crippen molar-refractivity contribution in [2.75, 3.05) is 25.7 Å². The topological polar surface area (TPSA) is 67.9 Å². The predicted molar refractivity (Wildman–Crippen MR) is 99.2 cm³/mol. The first-order chi connectivity index (χ1) is 12.5. The number of nitrogens with zero attached hydrogens (tertiary/aromatic N) is 1. The lowest BCUT2D eigenvalue weighted by atomic mass is 10.2. The van der Waals surface area contributed by atoms with Crippen LogP contribution in [0, 0.1) is 0 Å². The lowest BCUT2D eigenvalue weighted by Crippen LogP contribution is -2.37. The molecule has 1 saturated heterocycles. The summed E-state index contributed by atoms with van der Waals surface area (Å²) in [7, 11) is 3.10. The molecule has 2 aromatic rings. The molecule has 1 heterocycles. The van der Waals surface area contributed by atoms with E-state index in [9.17, 15) is 9.59 Å². The van der Waals surface area contributed by atoms with Crippen molar-refractivity contribution in [2.45, 2.75) is 12.5 Å². The molecule has 1 N–H and O–H groups in total. The molecule has 0 saturated carbocycles. The Hall–Kier alpha value is -2.73. The van der Waals surface area contributed by atoms with E-state index in [2.05, 4.69) is 5.32 Å². The van der Waals surface area contributed by atoms with Crippen LogP contribution in [-0.4, -0.2) is 38.6 Å². The van der Waals surface area contributed by atoms with Crippen molar-refractivity contribution in [3.63, 3.8) is 0 Å². The van der Waals surface area contributed by atoms with Crippen molar-refractivity contribution < 1.29 is 19.1 Å². The van der Waals surface area contributed by atoms with E-state index in [1.807, 2.05) is 0 Å². The van der Waals surface area contributed by atoms with Gasteiger partial charge in [0.2, 0.25) is 5.91 Å². The van der Waals surface area contributed by atoms with E-state index in [1.165, 1.54) is 0 Å². The first-order valence-corrected chi connectivity index (χ1v) is 8.49. The molecular weight excluding hydrogens is 356 g/mol. The molecular formula is C19H19ClN2O4. The molecule has 0 spiro atoms. The zero-order valence-electron chi connectivity index (χ0n) is 14.5. The molecule has 1 unspecified atom stereocenters. The molecule has 3 rings (SSSR count). The standard InChI is InChI=1S/C19H19ClN2O4/c1-25-16-8-7-13(10-17(16)26-2)22-11-12(9-18(22)23)21-19(24)14-5-3-4-6-15(14)20/h3-8,10,12H,9,11H2,1-2H3,(H,21,24). The molecule has 2 aromatic carbocycles. The molecule has 1 aliphatic heterocycles. The highest BCUT2D eigenvalue weighted by molar-refractivity contribution is 6.33. The maximum absolute atomic E-state index is 12.4. The van der Waals surface area contributed by atoms with Gasteiger partial charge in [0.15, 0.2) is 11.5 Å².